The average molecular weight is 309 g/mol. The Morgan fingerprint density at radius 1 is 1.09 bits per heavy atom. The molecule has 2 aromatic heterocycles. The average Bonchev–Trinajstić information content (AvgIpc) is 2.55. The summed E-state index contributed by atoms with van der Waals surface area (Å²) in [5, 5.41) is 0. The van der Waals surface area contributed by atoms with Gasteiger partial charge in [-0.05, 0) is 18.4 Å². The number of nitrogens with two attached hydrogens (primary N) is 1. The first kappa shape index (κ1) is 15.1. The van der Waals surface area contributed by atoms with Crippen molar-refractivity contribution in [1.82, 2.24) is 19.9 Å². The van der Waals surface area contributed by atoms with Crippen LogP contribution in [0.5, 0.6) is 5.88 Å². The first-order valence-corrected chi connectivity index (χ1v) is 7.62. The van der Waals surface area contributed by atoms with Crippen molar-refractivity contribution < 1.29 is 4.74 Å². The highest BCUT2D eigenvalue weighted by atomic mass is 16.5. The van der Waals surface area contributed by atoms with Crippen LogP contribution >= 0.6 is 0 Å². The topological polar surface area (TPSA) is 86.8 Å². The van der Waals surface area contributed by atoms with Crippen LogP contribution in [0.3, 0.4) is 0 Å². The van der Waals surface area contributed by atoms with Crippen LogP contribution in [0.4, 0.5) is 5.95 Å². The third kappa shape index (κ3) is 3.06. The molecule has 6 heteroatoms. The Balaban J connectivity index is 2.08. The van der Waals surface area contributed by atoms with Crippen LogP contribution in [0.15, 0.2) is 30.5 Å². The Bertz CT molecular complexity index is 830. The minimum absolute atomic E-state index is 0.129. The van der Waals surface area contributed by atoms with Crippen LogP contribution in [0.2, 0.25) is 0 Å². The van der Waals surface area contributed by atoms with Gasteiger partial charge in [0.1, 0.15) is 0 Å². The van der Waals surface area contributed by atoms with Crippen LogP contribution < -0.4 is 10.5 Å². The van der Waals surface area contributed by atoms with Crippen LogP contribution in [-0.2, 0) is 0 Å². The van der Waals surface area contributed by atoms with E-state index in [9.17, 15) is 0 Å². The number of hydrogen-bond acceptors (Lipinski definition) is 6. The van der Waals surface area contributed by atoms with E-state index in [4.69, 9.17) is 10.5 Å². The van der Waals surface area contributed by atoms with Crippen molar-refractivity contribution >= 4 is 17.1 Å². The first-order chi connectivity index (χ1) is 11.1. The lowest BCUT2D eigenvalue weighted by molar-refractivity contribution is 0.330. The molecule has 2 N–H and O–H groups in total. The largest absolute Gasteiger partial charge is 0.476 e. The Labute approximate surface area is 134 Å². The molecule has 1 aromatic carbocycles. The molecule has 23 heavy (non-hydrogen) atoms. The zero-order valence-corrected chi connectivity index (χ0v) is 13.4. The number of benzene rings is 1. The van der Waals surface area contributed by atoms with Gasteiger partial charge in [0.15, 0.2) is 11.2 Å². The molecule has 3 rings (SSSR count). The minimum Gasteiger partial charge on any atom is -0.476 e. The molecule has 0 spiro atoms. The quantitative estimate of drug-likeness (QED) is 0.796. The van der Waals surface area contributed by atoms with Gasteiger partial charge in [-0.15, -0.1) is 0 Å². The van der Waals surface area contributed by atoms with Crippen molar-refractivity contribution in [3.63, 3.8) is 0 Å². The Hall–Kier alpha value is -2.76. The SMILES string of the molecule is CCOc1nc(N)nc2ncc(-c3ccc(C(C)C)cc3)nc12. The molecule has 0 unspecified atom stereocenters. The van der Waals surface area contributed by atoms with Crippen molar-refractivity contribution in [2.45, 2.75) is 26.7 Å². The lowest BCUT2D eigenvalue weighted by Crippen LogP contribution is -2.04. The standard InChI is InChI=1S/C17H19N5O/c1-4-23-16-14-15(21-17(18)22-16)19-9-13(20-14)12-7-5-11(6-8-12)10(2)3/h5-10H,4H2,1-3H3,(H2,18,19,21,22). The molecule has 0 aliphatic carbocycles. The molecule has 6 nitrogen and oxygen atoms in total. The van der Waals surface area contributed by atoms with Crippen LogP contribution in [0.1, 0.15) is 32.3 Å². The Morgan fingerprint density at radius 2 is 1.83 bits per heavy atom. The van der Waals surface area contributed by atoms with Crippen molar-refractivity contribution in [2.24, 2.45) is 0 Å². The molecular formula is C17H19N5O. The Kier molecular flexibility index (Phi) is 4.06. The summed E-state index contributed by atoms with van der Waals surface area (Å²) in [6, 6.07) is 8.30. The van der Waals surface area contributed by atoms with E-state index in [0.29, 0.717) is 29.6 Å². The summed E-state index contributed by atoms with van der Waals surface area (Å²) in [7, 11) is 0. The summed E-state index contributed by atoms with van der Waals surface area (Å²) in [6.45, 7) is 6.69. The number of nitrogens with zero attached hydrogens (tertiary/aromatic N) is 4. The summed E-state index contributed by atoms with van der Waals surface area (Å²) >= 11 is 0. The van der Waals surface area contributed by atoms with E-state index in [0.717, 1.165) is 11.3 Å². The fraction of sp³-hybridized carbons (Fsp3) is 0.294. The molecule has 0 radical (unpaired) electrons. The molecule has 0 fully saturated rings. The maximum atomic E-state index is 5.68. The van der Waals surface area contributed by atoms with Crippen LogP contribution in [-0.4, -0.2) is 26.5 Å². The molecule has 0 aliphatic heterocycles. The highest BCUT2D eigenvalue weighted by Gasteiger charge is 2.12. The molecule has 118 valence electrons. The molecule has 0 bridgehead atoms. The normalized spacial score (nSPS) is 11.1. The Morgan fingerprint density at radius 3 is 2.48 bits per heavy atom. The second-order valence-corrected chi connectivity index (χ2v) is 5.52. The molecule has 0 atom stereocenters. The number of rotatable bonds is 4. The third-order valence-electron chi connectivity index (χ3n) is 3.55. The summed E-state index contributed by atoms with van der Waals surface area (Å²) < 4.78 is 5.51. The van der Waals surface area contributed by atoms with Gasteiger partial charge >= 0.3 is 0 Å². The van der Waals surface area contributed by atoms with E-state index in [1.165, 1.54) is 5.56 Å². The van der Waals surface area contributed by atoms with E-state index in [-0.39, 0.29) is 5.95 Å². The predicted molar refractivity (Wildman–Crippen MR) is 90.2 cm³/mol. The first-order valence-electron chi connectivity index (χ1n) is 7.62. The van der Waals surface area contributed by atoms with Crippen molar-refractivity contribution in [3.05, 3.63) is 36.0 Å². The summed E-state index contributed by atoms with van der Waals surface area (Å²) in [6.07, 6.45) is 1.69. The summed E-state index contributed by atoms with van der Waals surface area (Å²) in [4.78, 5) is 17.2. The lowest BCUT2D eigenvalue weighted by atomic mass is 10.0. The van der Waals surface area contributed by atoms with E-state index < -0.39 is 0 Å². The van der Waals surface area contributed by atoms with Gasteiger partial charge in [0, 0.05) is 5.56 Å². The minimum atomic E-state index is 0.129. The molecule has 0 saturated carbocycles. The smallest absolute Gasteiger partial charge is 0.247 e. The number of aromatic nitrogens is 4. The van der Waals surface area contributed by atoms with Gasteiger partial charge < -0.3 is 10.5 Å². The van der Waals surface area contributed by atoms with E-state index >= 15 is 0 Å². The molecular weight excluding hydrogens is 290 g/mol. The summed E-state index contributed by atoms with van der Waals surface area (Å²) in [5.41, 5.74) is 9.66. The second-order valence-electron chi connectivity index (χ2n) is 5.52. The molecule has 0 saturated heterocycles. The number of ether oxygens (including phenoxy) is 1. The fourth-order valence-electron chi connectivity index (χ4n) is 2.31. The molecule has 0 aliphatic rings. The van der Waals surface area contributed by atoms with Crippen molar-refractivity contribution in [3.8, 4) is 17.1 Å². The maximum absolute atomic E-state index is 5.68. The van der Waals surface area contributed by atoms with Crippen molar-refractivity contribution in [2.75, 3.05) is 12.3 Å². The van der Waals surface area contributed by atoms with Gasteiger partial charge in [-0.3, -0.25) is 0 Å². The molecule has 3 aromatic rings. The highest BCUT2D eigenvalue weighted by Crippen LogP contribution is 2.25. The lowest BCUT2D eigenvalue weighted by Gasteiger charge is -2.09. The van der Waals surface area contributed by atoms with Crippen LogP contribution in [0, 0.1) is 0 Å². The van der Waals surface area contributed by atoms with E-state index in [1.807, 2.05) is 19.1 Å². The van der Waals surface area contributed by atoms with E-state index in [1.54, 1.807) is 6.20 Å². The van der Waals surface area contributed by atoms with Gasteiger partial charge in [0.05, 0.1) is 18.5 Å². The fourth-order valence-corrected chi connectivity index (χ4v) is 2.31. The molecule has 0 amide bonds. The van der Waals surface area contributed by atoms with E-state index in [2.05, 4.69) is 45.9 Å². The third-order valence-corrected chi connectivity index (χ3v) is 3.55. The maximum Gasteiger partial charge on any atom is 0.247 e. The van der Waals surface area contributed by atoms with Crippen molar-refractivity contribution in [1.29, 1.82) is 0 Å². The number of anilines is 1. The highest BCUT2D eigenvalue weighted by molar-refractivity contribution is 5.79. The van der Waals surface area contributed by atoms with Gasteiger partial charge in [0.2, 0.25) is 11.8 Å². The van der Waals surface area contributed by atoms with Gasteiger partial charge in [-0.25, -0.2) is 9.97 Å². The van der Waals surface area contributed by atoms with Gasteiger partial charge in [-0.1, -0.05) is 38.1 Å². The zero-order valence-electron chi connectivity index (χ0n) is 13.4. The number of nitrogen functional groups attached to an aromatic ring is 1. The molecule has 2 heterocycles. The monoisotopic (exact) mass is 309 g/mol. The summed E-state index contributed by atoms with van der Waals surface area (Å²) in [5.74, 6) is 0.986. The second kappa shape index (κ2) is 6.16. The number of fused-ring (bicyclic) bond motifs is 1. The zero-order chi connectivity index (χ0) is 16.4. The predicted octanol–water partition coefficient (Wildman–Crippen LogP) is 3.19. The van der Waals surface area contributed by atoms with Gasteiger partial charge in [0.25, 0.3) is 0 Å². The van der Waals surface area contributed by atoms with Crippen LogP contribution in [0.25, 0.3) is 22.4 Å². The number of hydrogen-bond donors (Lipinski definition) is 1. The van der Waals surface area contributed by atoms with Gasteiger partial charge in [-0.2, -0.15) is 9.97 Å².